The first-order valence-corrected chi connectivity index (χ1v) is 16.2. The van der Waals surface area contributed by atoms with Gasteiger partial charge in [0.05, 0.1) is 6.85 Å². The summed E-state index contributed by atoms with van der Waals surface area (Å²) in [5, 5.41) is 3.32. The lowest BCUT2D eigenvalue weighted by atomic mass is 9.94. The first-order valence-electron chi connectivity index (χ1n) is 18.7. The Kier molecular flexibility index (Phi) is 5.35. The Morgan fingerprint density at radius 2 is 0.920 bits per heavy atom. The summed E-state index contributed by atoms with van der Waals surface area (Å²) in [4.78, 5) is 14.6. The summed E-state index contributed by atoms with van der Waals surface area (Å²) >= 11 is 0. The fraction of sp³-hybridized carbons (Fsp3) is 0. The van der Waals surface area contributed by atoms with E-state index in [-0.39, 0.29) is 17.6 Å². The maximum Gasteiger partial charge on any atom is 0.164 e. The van der Waals surface area contributed by atoms with Crippen molar-refractivity contribution in [1.29, 1.82) is 0 Å². The minimum atomic E-state index is -0.439. The first kappa shape index (κ1) is 23.5. The molecule has 7 aromatic carbocycles. The normalized spacial score (nSPS) is 13.0. The van der Waals surface area contributed by atoms with Crippen molar-refractivity contribution >= 4 is 43.9 Å². The van der Waals surface area contributed by atoms with Gasteiger partial charge in [-0.3, -0.25) is 0 Å². The SMILES string of the molecule is [2H]c1c([2H])c([2H])c(-c2cc(-c3ccc4c(c3)oc3cc(-c5nc(-c6ccccc6)nc(-c6ccccc6)n5)ccc34)cc3oc4ccccc4c23)c([2H])c1[2H]. The molecule has 0 amide bonds. The predicted octanol–water partition coefficient (Wildman–Crippen LogP) is 12.0. The number of para-hydroxylation sites is 1. The highest BCUT2D eigenvalue weighted by atomic mass is 16.3. The van der Waals surface area contributed by atoms with Crippen LogP contribution in [0.2, 0.25) is 0 Å². The Bertz CT molecular complexity index is 3070. The van der Waals surface area contributed by atoms with Gasteiger partial charge in [-0.2, -0.15) is 0 Å². The average Bonchev–Trinajstić information content (AvgIpc) is 3.80. The molecule has 10 aromatic rings. The van der Waals surface area contributed by atoms with Crippen molar-refractivity contribution in [2.45, 2.75) is 0 Å². The third kappa shape index (κ3) is 4.75. The molecule has 0 atom stereocenters. The number of rotatable bonds is 5. The molecule has 10 rings (SSSR count). The zero-order chi connectivity index (χ0) is 37.4. The van der Waals surface area contributed by atoms with Gasteiger partial charge in [-0.05, 0) is 64.7 Å². The average molecular weight is 647 g/mol. The number of benzene rings is 7. The van der Waals surface area contributed by atoms with Gasteiger partial charge in [-0.25, -0.2) is 15.0 Å². The van der Waals surface area contributed by atoms with Gasteiger partial charge in [0.25, 0.3) is 0 Å². The van der Waals surface area contributed by atoms with Gasteiger partial charge in [0.1, 0.15) is 22.3 Å². The number of nitrogens with zero attached hydrogens (tertiary/aromatic N) is 3. The minimum absolute atomic E-state index is 0.117. The van der Waals surface area contributed by atoms with Gasteiger partial charge < -0.3 is 8.83 Å². The molecule has 0 spiro atoms. The minimum Gasteiger partial charge on any atom is -0.456 e. The van der Waals surface area contributed by atoms with Gasteiger partial charge in [-0.15, -0.1) is 0 Å². The number of hydrogen-bond acceptors (Lipinski definition) is 5. The van der Waals surface area contributed by atoms with E-state index in [9.17, 15) is 0 Å². The Labute approximate surface area is 294 Å². The van der Waals surface area contributed by atoms with E-state index in [0.717, 1.165) is 44.0 Å². The van der Waals surface area contributed by atoms with E-state index in [1.807, 2.05) is 133 Å². The Balaban J connectivity index is 1.12. The second-order valence-electron chi connectivity index (χ2n) is 12.1. The van der Waals surface area contributed by atoms with Crippen LogP contribution in [0.4, 0.5) is 0 Å². The highest BCUT2D eigenvalue weighted by molar-refractivity contribution is 6.14. The van der Waals surface area contributed by atoms with Gasteiger partial charge in [-0.1, -0.05) is 121 Å². The van der Waals surface area contributed by atoms with Crippen LogP contribution < -0.4 is 0 Å². The van der Waals surface area contributed by atoms with Crippen molar-refractivity contribution in [3.8, 4) is 56.4 Å². The topological polar surface area (TPSA) is 65.0 Å². The molecule has 50 heavy (non-hydrogen) atoms. The quantitative estimate of drug-likeness (QED) is 0.186. The number of aromatic nitrogens is 3. The first-order chi connectivity index (χ1) is 26.8. The third-order valence-corrected chi connectivity index (χ3v) is 9.01. The summed E-state index contributed by atoms with van der Waals surface area (Å²) in [6, 6.07) is 41.1. The van der Waals surface area contributed by atoms with E-state index in [4.69, 9.17) is 30.6 Å². The molecular formula is C45H27N3O2. The van der Waals surface area contributed by atoms with Gasteiger partial charge >= 0.3 is 0 Å². The summed E-state index contributed by atoms with van der Waals surface area (Å²) < 4.78 is 55.4. The van der Waals surface area contributed by atoms with Crippen LogP contribution in [0.3, 0.4) is 0 Å². The lowest BCUT2D eigenvalue weighted by Crippen LogP contribution is -2.00. The summed E-state index contributed by atoms with van der Waals surface area (Å²) in [6.45, 7) is 0. The zero-order valence-electron chi connectivity index (χ0n) is 31.4. The highest BCUT2D eigenvalue weighted by Gasteiger charge is 2.18. The number of hydrogen-bond donors (Lipinski definition) is 0. The molecular weight excluding hydrogens is 615 g/mol. The van der Waals surface area contributed by atoms with Crippen molar-refractivity contribution in [2.75, 3.05) is 0 Å². The summed E-state index contributed by atoms with van der Waals surface area (Å²) in [7, 11) is 0. The van der Waals surface area contributed by atoms with Crippen LogP contribution >= 0.6 is 0 Å². The number of furan rings is 2. The maximum atomic E-state index is 8.81. The van der Waals surface area contributed by atoms with E-state index < -0.39 is 18.1 Å². The molecule has 0 radical (unpaired) electrons. The molecule has 234 valence electrons. The van der Waals surface area contributed by atoms with Crippen molar-refractivity contribution in [1.82, 2.24) is 15.0 Å². The maximum absolute atomic E-state index is 8.81. The second kappa shape index (κ2) is 11.4. The largest absolute Gasteiger partial charge is 0.456 e. The van der Waals surface area contributed by atoms with Crippen LogP contribution in [0, 0.1) is 0 Å². The molecule has 0 bridgehead atoms. The summed E-state index contributed by atoms with van der Waals surface area (Å²) in [5.41, 5.74) is 7.20. The third-order valence-electron chi connectivity index (χ3n) is 9.01. The van der Waals surface area contributed by atoms with E-state index >= 15 is 0 Å². The van der Waals surface area contributed by atoms with Crippen molar-refractivity contribution in [2.24, 2.45) is 0 Å². The van der Waals surface area contributed by atoms with Crippen LogP contribution in [0.1, 0.15) is 6.85 Å². The number of fused-ring (bicyclic) bond motifs is 6. The van der Waals surface area contributed by atoms with Gasteiger partial charge in [0, 0.05) is 38.2 Å². The lowest BCUT2D eigenvalue weighted by molar-refractivity contribution is 0.668. The standard InChI is InChI=1S/C45H27N3O2/c1-4-12-28(13-5-1)37-24-33(27-41-42(37)36-18-10-11-19-38(36)49-41)31-20-22-34-35-23-21-32(26-40(35)50-39(34)25-31)45-47-43(29-14-6-2-7-15-29)46-44(48-45)30-16-8-3-9-17-30/h1-27H/i1D,4D,5D,12D,13D. The molecule has 3 heterocycles. The smallest absolute Gasteiger partial charge is 0.164 e. The lowest BCUT2D eigenvalue weighted by Gasteiger charge is -2.09. The van der Waals surface area contributed by atoms with E-state index in [2.05, 4.69) is 0 Å². The van der Waals surface area contributed by atoms with Crippen LogP contribution in [0.5, 0.6) is 0 Å². The predicted molar refractivity (Wildman–Crippen MR) is 202 cm³/mol. The van der Waals surface area contributed by atoms with Gasteiger partial charge in [0.2, 0.25) is 0 Å². The molecule has 0 saturated heterocycles. The summed E-state index contributed by atoms with van der Waals surface area (Å²) in [5.74, 6) is 1.67. The van der Waals surface area contributed by atoms with Crippen LogP contribution in [0.25, 0.3) is 100 Å². The molecule has 0 unspecified atom stereocenters. The monoisotopic (exact) mass is 646 g/mol. The van der Waals surface area contributed by atoms with Crippen molar-refractivity contribution < 1.29 is 15.7 Å². The molecule has 0 saturated carbocycles. The fourth-order valence-corrected chi connectivity index (χ4v) is 6.64. The molecule has 0 aliphatic carbocycles. The Morgan fingerprint density at radius 3 is 1.60 bits per heavy atom. The van der Waals surface area contributed by atoms with E-state index in [0.29, 0.717) is 50.8 Å². The Hall–Kier alpha value is -6.85. The Morgan fingerprint density at radius 1 is 0.380 bits per heavy atom. The van der Waals surface area contributed by atoms with Crippen LogP contribution in [-0.2, 0) is 0 Å². The molecule has 5 heteroatoms. The van der Waals surface area contributed by atoms with Gasteiger partial charge in [0.15, 0.2) is 17.5 Å². The molecule has 0 fully saturated rings. The molecule has 3 aromatic heterocycles. The highest BCUT2D eigenvalue weighted by Crippen LogP contribution is 2.41. The second-order valence-corrected chi connectivity index (χ2v) is 12.1. The molecule has 5 nitrogen and oxygen atoms in total. The zero-order valence-corrected chi connectivity index (χ0v) is 26.4. The molecule has 0 aliphatic heterocycles. The van der Waals surface area contributed by atoms with Crippen molar-refractivity contribution in [3.05, 3.63) is 164 Å². The van der Waals surface area contributed by atoms with E-state index in [1.165, 1.54) is 0 Å². The van der Waals surface area contributed by atoms with E-state index in [1.54, 1.807) is 0 Å². The molecule has 0 aliphatic rings. The van der Waals surface area contributed by atoms with Crippen LogP contribution in [-0.4, -0.2) is 15.0 Å². The summed E-state index contributed by atoms with van der Waals surface area (Å²) in [6.07, 6.45) is 0. The van der Waals surface area contributed by atoms with Crippen molar-refractivity contribution in [3.63, 3.8) is 0 Å². The van der Waals surface area contributed by atoms with Crippen LogP contribution in [0.15, 0.2) is 173 Å². The molecule has 0 N–H and O–H groups in total. The fourth-order valence-electron chi connectivity index (χ4n) is 6.64.